The number of ketones is 1. The lowest BCUT2D eigenvalue weighted by Crippen LogP contribution is -2.26. The summed E-state index contributed by atoms with van der Waals surface area (Å²) in [4.78, 5) is 30.4. The smallest absolute Gasteiger partial charge is 0.328 e. The number of Topliss-reactive ketones (excluding diaryl/α,β-unsaturated/α-hetero) is 1. The minimum Gasteiger partial charge on any atom is -0.367 e. The highest BCUT2D eigenvalue weighted by Crippen LogP contribution is 2.15. The summed E-state index contributed by atoms with van der Waals surface area (Å²) in [6.07, 6.45) is 5.38. The molecule has 0 spiro atoms. The van der Waals surface area contributed by atoms with Gasteiger partial charge in [0.2, 0.25) is 0 Å². The van der Waals surface area contributed by atoms with Crippen LogP contribution >= 0.6 is 0 Å². The number of hydrogen-bond acceptors (Lipinski definition) is 3. The molecule has 5 heteroatoms. The third-order valence-electron chi connectivity index (χ3n) is 3.71. The third kappa shape index (κ3) is 5.95. The normalized spacial score (nSPS) is 13.1. The second-order valence-electron chi connectivity index (χ2n) is 5.57. The molecule has 0 aromatic heterocycles. The van der Waals surface area contributed by atoms with Gasteiger partial charge in [-0.3, -0.25) is 9.59 Å². The first-order valence-electron chi connectivity index (χ1n) is 7.53. The van der Waals surface area contributed by atoms with E-state index in [0.29, 0.717) is 37.3 Å². The van der Waals surface area contributed by atoms with Gasteiger partial charge in [0.05, 0.1) is 0 Å². The second kappa shape index (κ2) is 8.74. The van der Waals surface area contributed by atoms with Crippen molar-refractivity contribution in [3.63, 3.8) is 0 Å². The zero-order valence-electron chi connectivity index (χ0n) is 13.8. The van der Waals surface area contributed by atoms with Gasteiger partial charge in [0.1, 0.15) is 12.3 Å². The maximum Gasteiger partial charge on any atom is 0.328 e. The lowest BCUT2D eigenvalue weighted by molar-refractivity contribution is -0.124. The molecule has 0 bridgehead atoms. The number of hydrogen-bond donors (Lipinski definition) is 0. The van der Waals surface area contributed by atoms with Crippen LogP contribution in [0.15, 0.2) is 49.0 Å². The number of carbonyl (C=O) groups is 2. The largest absolute Gasteiger partial charge is 0.367 e. The van der Waals surface area contributed by atoms with Crippen molar-refractivity contribution >= 4 is 11.7 Å². The maximum absolute atomic E-state index is 11.9. The predicted molar refractivity (Wildman–Crippen MR) is 92.7 cm³/mol. The van der Waals surface area contributed by atoms with Crippen LogP contribution in [0.2, 0.25) is 0 Å². The molecule has 23 heavy (non-hydrogen) atoms. The van der Waals surface area contributed by atoms with E-state index in [9.17, 15) is 9.59 Å². The fraction of sp³-hybridized carbons (Fsp3) is 0.389. The fourth-order valence-corrected chi connectivity index (χ4v) is 2.21. The Labute approximate surface area is 138 Å². The van der Waals surface area contributed by atoms with Crippen molar-refractivity contribution in [1.82, 2.24) is 9.80 Å². The van der Waals surface area contributed by atoms with Gasteiger partial charge in [-0.05, 0) is 30.3 Å². The molecule has 1 rings (SSSR count). The molecular formula is C18H24N3O2+. The Kier molecular flexibility index (Phi) is 7.01. The molecule has 0 N–H and O–H groups in total. The Morgan fingerprint density at radius 1 is 1.30 bits per heavy atom. The van der Waals surface area contributed by atoms with Gasteiger partial charge >= 0.3 is 5.70 Å². The average molecular weight is 314 g/mol. The molecule has 0 aliphatic carbocycles. The SMILES string of the molecule is C#[N+]C(=C)CN(C)C(=C)CCCC(=O)CCN1C(=C)C=CC1=O. The summed E-state index contributed by atoms with van der Waals surface area (Å²) in [6.45, 7) is 17.5. The number of rotatable bonds is 10. The van der Waals surface area contributed by atoms with Crippen molar-refractivity contribution in [1.29, 1.82) is 0 Å². The van der Waals surface area contributed by atoms with Gasteiger partial charge in [-0.1, -0.05) is 13.2 Å². The Morgan fingerprint density at radius 3 is 2.57 bits per heavy atom. The van der Waals surface area contributed by atoms with Crippen molar-refractivity contribution in [3.8, 4) is 6.57 Å². The Morgan fingerprint density at radius 2 is 2.00 bits per heavy atom. The standard InChI is InChI=1S/C18H24N3O2/c1-14(19-4)13-20(5)15(2)7-6-8-17(22)11-12-21-16(3)9-10-18(21)23/h4,9-10H,1-3,6-8,11-13H2,5H3/q+1. The van der Waals surface area contributed by atoms with Gasteiger partial charge < -0.3 is 9.80 Å². The van der Waals surface area contributed by atoms with E-state index >= 15 is 0 Å². The van der Waals surface area contributed by atoms with E-state index in [0.717, 1.165) is 18.5 Å². The van der Waals surface area contributed by atoms with Crippen LogP contribution in [0.4, 0.5) is 0 Å². The highest BCUT2D eigenvalue weighted by molar-refractivity contribution is 5.93. The summed E-state index contributed by atoms with van der Waals surface area (Å²) in [7, 11) is 1.89. The number of allylic oxidation sites excluding steroid dienone is 2. The van der Waals surface area contributed by atoms with Crippen LogP contribution in [0.25, 0.3) is 4.85 Å². The Balaban J connectivity index is 2.22. The van der Waals surface area contributed by atoms with E-state index in [1.165, 1.54) is 11.0 Å². The van der Waals surface area contributed by atoms with Crippen molar-refractivity contribution in [2.24, 2.45) is 0 Å². The molecule has 0 atom stereocenters. The molecule has 1 aliphatic rings. The van der Waals surface area contributed by atoms with E-state index in [1.54, 1.807) is 6.08 Å². The summed E-state index contributed by atoms with van der Waals surface area (Å²) in [5, 5.41) is 0. The number of carbonyl (C=O) groups excluding carboxylic acids is 2. The summed E-state index contributed by atoms with van der Waals surface area (Å²) in [5.41, 5.74) is 2.13. The molecule has 1 aliphatic heterocycles. The van der Waals surface area contributed by atoms with Gasteiger partial charge in [-0.25, -0.2) is 0 Å². The third-order valence-corrected chi connectivity index (χ3v) is 3.71. The van der Waals surface area contributed by atoms with Crippen LogP contribution in [-0.4, -0.2) is 41.6 Å². The summed E-state index contributed by atoms with van der Waals surface area (Å²) in [6, 6.07) is 0. The summed E-state index contributed by atoms with van der Waals surface area (Å²) >= 11 is 0. The minimum absolute atomic E-state index is 0.108. The minimum atomic E-state index is -0.108. The fourth-order valence-electron chi connectivity index (χ4n) is 2.21. The van der Waals surface area contributed by atoms with Crippen LogP contribution < -0.4 is 0 Å². The lowest BCUT2D eigenvalue weighted by Gasteiger charge is -2.19. The van der Waals surface area contributed by atoms with Crippen molar-refractivity contribution in [3.05, 3.63) is 53.8 Å². The van der Waals surface area contributed by atoms with E-state index < -0.39 is 0 Å². The quantitative estimate of drug-likeness (QED) is 0.623. The first-order valence-corrected chi connectivity index (χ1v) is 7.53. The summed E-state index contributed by atoms with van der Waals surface area (Å²) in [5.74, 6) is 0.0256. The van der Waals surface area contributed by atoms with Crippen LogP contribution in [0.3, 0.4) is 0 Å². The van der Waals surface area contributed by atoms with Crippen LogP contribution in [-0.2, 0) is 9.59 Å². The monoisotopic (exact) mass is 314 g/mol. The molecule has 0 aromatic carbocycles. The molecule has 0 fully saturated rings. The van der Waals surface area contributed by atoms with Gasteiger partial charge in [0.15, 0.2) is 0 Å². The molecule has 1 heterocycles. The van der Waals surface area contributed by atoms with Crippen LogP contribution in [0.5, 0.6) is 0 Å². The van der Waals surface area contributed by atoms with Crippen molar-refractivity contribution < 1.29 is 9.59 Å². The first kappa shape index (κ1) is 18.4. The van der Waals surface area contributed by atoms with Crippen LogP contribution in [0.1, 0.15) is 25.7 Å². The van der Waals surface area contributed by atoms with Gasteiger partial charge in [-0.2, -0.15) is 0 Å². The summed E-state index contributed by atoms with van der Waals surface area (Å²) < 4.78 is 0. The van der Waals surface area contributed by atoms with E-state index in [4.69, 9.17) is 6.57 Å². The topological polar surface area (TPSA) is 45.0 Å². The van der Waals surface area contributed by atoms with Gasteiger partial charge in [0, 0.05) is 43.9 Å². The number of likely N-dealkylation sites (N-methyl/N-ethyl adjacent to an activating group) is 1. The molecule has 122 valence electrons. The number of amides is 1. The molecule has 0 unspecified atom stereocenters. The second-order valence-corrected chi connectivity index (χ2v) is 5.57. The molecule has 0 aromatic rings. The van der Waals surface area contributed by atoms with Crippen molar-refractivity contribution in [2.75, 3.05) is 20.1 Å². The predicted octanol–water partition coefficient (Wildman–Crippen LogP) is 2.95. The van der Waals surface area contributed by atoms with Crippen LogP contribution in [0, 0.1) is 6.57 Å². The molecule has 5 nitrogen and oxygen atoms in total. The zero-order chi connectivity index (χ0) is 17.4. The average Bonchev–Trinajstić information content (AvgIpc) is 2.83. The molecule has 0 saturated carbocycles. The Hall–Kier alpha value is -2.61. The first-order chi connectivity index (χ1) is 10.8. The maximum atomic E-state index is 11.9. The van der Waals surface area contributed by atoms with Gasteiger partial charge in [-0.15, -0.1) is 0 Å². The molecular weight excluding hydrogens is 290 g/mol. The molecule has 0 saturated heterocycles. The van der Waals surface area contributed by atoms with Crippen molar-refractivity contribution in [2.45, 2.75) is 25.7 Å². The van der Waals surface area contributed by atoms with E-state index in [-0.39, 0.29) is 11.7 Å². The highest BCUT2D eigenvalue weighted by atomic mass is 16.2. The molecule has 1 amide bonds. The van der Waals surface area contributed by atoms with E-state index in [2.05, 4.69) is 24.6 Å². The Bertz CT molecular complexity index is 578. The highest BCUT2D eigenvalue weighted by Gasteiger charge is 2.19. The van der Waals surface area contributed by atoms with Gasteiger partial charge in [0.25, 0.3) is 12.5 Å². The zero-order valence-corrected chi connectivity index (χ0v) is 13.8. The van der Waals surface area contributed by atoms with E-state index in [1.807, 2.05) is 11.9 Å². The molecule has 0 radical (unpaired) electrons. The number of nitrogens with zero attached hydrogens (tertiary/aromatic N) is 3. The lowest BCUT2D eigenvalue weighted by atomic mass is 10.1.